The number of rotatable bonds is 10. The third kappa shape index (κ3) is 8.37. The molecule has 0 saturated carbocycles. The molecule has 1 aliphatic heterocycles. The molecule has 0 atom stereocenters. The van der Waals surface area contributed by atoms with Crippen molar-refractivity contribution in [1.82, 2.24) is 4.90 Å². The van der Waals surface area contributed by atoms with Gasteiger partial charge in [0.25, 0.3) is 5.91 Å². The number of carbonyl (C=O) groups excluding carboxylic acids is 3. The van der Waals surface area contributed by atoms with E-state index in [0.29, 0.717) is 23.3 Å². The van der Waals surface area contributed by atoms with Gasteiger partial charge in [0.1, 0.15) is 12.4 Å². The van der Waals surface area contributed by atoms with Gasteiger partial charge in [-0.3, -0.25) is 9.59 Å². The van der Waals surface area contributed by atoms with Gasteiger partial charge in [-0.1, -0.05) is 6.07 Å². The molecule has 4 rings (SSSR count). The second-order valence-electron chi connectivity index (χ2n) is 9.68. The molecule has 0 bridgehead atoms. The lowest BCUT2D eigenvalue weighted by Gasteiger charge is -2.19. The number of alkyl halides is 6. The second kappa shape index (κ2) is 13.4. The van der Waals surface area contributed by atoms with Crippen LogP contribution in [0.5, 0.6) is 17.2 Å². The molecule has 3 aromatic carbocycles. The molecule has 15 heteroatoms. The number of hydrogen-bond acceptors (Lipinski definition) is 7. The van der Waals surface area contributed by atoms with E-state index < -0.39 is 47.0 Å². The Balaban J connectivity index is 1.67. The summed E-state index contributed by atoms with van der Waals surface area (Å²) in [7, 11) is 1.39. The van der Waals surface area contributed by atoms with E-state index in [9.17, 15) is 40.7 Å². The van der Waals surface area contributed by atoms with Gasteiger partial charge in [0.05, 0.1) is 44.4 Å². The predicted octanol–water partition coefficient (Wildman–Crippen LogP) is 6.84. The maximum atomic E-state index is 13.3. The Morgan fingerprint density at radius 3 is 2.16 bits per heavy atom. The van der Waals surface area contributed by atoms with Crippen LogP contribution in [0.2, 0.25) is 0 Å². The lowest BCUT2D eigenvalue weighted by atomic mass is 10.0. The van der Waals surface area contributed by atoms with E-state index in [0.717, 1.165) is 0 Å². The third-order valence-electron chi connectivity index (χ3n) is 6.48. The lowest BCUT2D eigenvalue weighted by Crippen LogP contribution is -2.24. The summed E-state index contributed by atoms with van der Waals surface area (Å²) in [5.41, 5.74) is -3.33. The summed E-state index contributed by atoms with van der Waals surface area (Å²) in [6.07, 6.45) is -11.0. The van der Waals surface area contributed by atoms with Crippen LogP contribution in [0.1, 0.15) is 39.5 Å². The normalized spacial score (nSPS) is 13.3. The van der Waals surface area contributed by atoms with E-state index in [1.165, 1.54) is 30.2 Å². The molecule has 0 unspecified atom stereocenters. The first kappa shape index (κ1) is 33.0. The molecule has 240 valence electrons. The topological polar surface area (TPSA) is 103 Å². The molecule has 0 aliphatic carbocycles. The predicted molar refractivity (Wildman–Crippen MR) is 146 cm³/mol. The Morgan fingerprint density at radius 1 is 0.911 bits per heavy atom. The lowest BCUT2D eigenvalue weighted by molar-refractivity contribution is -0.144. The van der Waals surface area contributed by atoms with Crippen LogP contribution >= 0.6 is 0 Å². The van der Waals surface area contributed by atoms with Gasteiger partial charge in [-0.15, -0.1) is 0 Å². The van der Waals surface area contributed by atoms with Gasteiger partial charge >= 0.3 is 24.4 Å². The van der Waals surface area contributed by atoms with Crippen LogP contribution in [0, 0.1) is 0 Å². The minimum absolute atomic E-state index is 0.0103. The number of hydrogen-bond donors (Lipinski definition) is 1. The highest BCUT2D eigenvalue weighted by atomic mass is 19.4. The van der Waals surface area contributed by atoms with Crippen LogP contribution in [-0.4, -0.2) is 49.7 Å². The van der Waals surface area contributed by atoms with Gasteiger partial charge < -0.3 is 29.2 Å². The summed E-state index contributed by atoms with van der Waals surface area (Å²) in [4.78, 5) is 38.4. The average molecular weight is 641 g/mol. The van der Waals surface area contributed by atoms with Crippen LogP contribution in [-0.2, 0) is 39.6 Å². The molecule has 1 N–H and O–H groups in total. The molecule has 1 fully saturated rings. The van der Waals surface area contributed by atoms with Gasteiger partial charge in [-0.2, -0.15) is 26.3 Å². The fraction of sp³-hybridized carbons (Fsp3) is 0.300. The quantitative estimate of drug-likeness (QED) is 0.191. The number of amides is 2. The molecule has 0 radical (unpaired) electrons. The summed E-state index contributed by atoms with van der Waals surface area (Å²) in [6.45, 7) is 2.11. The smallest absolute Gasteiger partial charge is 0.416 e. The third-order valence-corrected chi connectivity index (χ3v) is 6.48. The number of nitrogens with zero attached hydrogens (tertiary/aromatic N) is 1. The number of methoxy groups -OCH3 is 1. The Morgan fingerprint density at radius 2 is 1.58 bits per heavy atom. The molecular formula is C30H26F6N2O7. The number of anilines is 1. The molecule has 1 aliphatic rings. The molecular weight excluding hydrogens is 614 g/mol. The number of ether oxygens (including phenoxy) is 4. The van der Waals surface area contributed by atoms with E-state index in [1.54, 1.807) is 25.1 Å². The molecule has 1 saturated heterocycles. The Hall–Kier alpha value is -4.95. The number of nitrogens with one attached hydrogen (secondary N) is 1. The van der Waals surface area contributed by atoms with Crippen molar-refractivity contribution in [3.8, 4) is 17.2 Å². The first-order chi connectivity index (χ1) is 21.2. The number of carbonyl (C=O) groups is 3. The van der Waals surface area contributed by atoms with Crippen molar-refractivity contribution in [2.24, 2.45) is 0 Å². The Labute approximate surface area is 252 Å². The highest BCUT2D eigenvalue weighted by Crippen LogP contribution is 2.38. The van der Waals surface area contributed by atoms with Gasteiger partial charge in [0, 0.05) is 16.8 Å². The van der Waals surface area contributed by atoms with Crippen LogP contribution in [0.3, 0.4) is 0 Å². The number of cyclic esters (lactones) is 1. The summed E-state index contributed by atoms with van der Waals surface area (Å²) >= 11 is 0. The fourth-order valence-electron chi connectivity index (χ4n) is 4.35. The minimum atomic E-state index is -5.14. The summed E-state index contributed by atoms with van der Waals surface area (Å²) in [5.74, 6) is -1.07. The van der Waals surface area contributed by atoms with Crippen molar-refractivity contribution in [3.63, 3.8) is 0 Å². The first-order valence-corrected chi connectivity index (χ1v) is 13.3. The van der Waals surface area contributed by atoms with E-state index >= 15 is 0 Å². The highest BCUT2D eigenvalue weighted by Gasteiger charge is 2.37. The van der Waals surface area contributed by atoms with E-state index in [1.807, 2.05) is 0 Å². The van der Waals surface area contributed by atoms with Crippen molar-refractivity contribution < 1.29 is 59.7 Å². The SMILES string of the molecule is CCOC(=O)Cc1ccc(OC)c(Oc2ccc(NC(=O)c3cc(C(F)(F)F)cc(C(F)(F)F)c3)cc2CN2CCOC2=O)c1. The molecule has 0 spiro atoms. The molecule has 2 amide bonds. The van der Waals surface area contributed by atoms with Crippen LogP contribution < -0.4 is 14.8 Å². The molecule has 0 aromatic heterocycles. The van der Waals surface area contributed by atoms with Crippen LogP contribution in [0.15, 0.2) is 54.6 Å². The van der Waals surface area contributed by atoms with Crippen molar-refractivity contribution in [2.75, 3.05) is 32.2 Å². The van der Waals surface area contributed by atoms with E-state index in [-0.39, 0.29) is 61.7 Å². The van der Waals surface area contributed by atoms with Crippen LogP contribution in [0.4, 0.5) is 36.8 Å². The zero-order chi connectivity index (χ0) is 32.9. The molecule has 45 heavy (non-hydrogen) atoms. The first-order valence-electron chi connectivity index (χ1n) is 13.3. The van der Waals surface area contributed by atoms with Gasteiger partial charge in [0.15, 0.2) is 11.5 Å². The monoisotopic (exact) mass is 640 g/mol. The molecule has 3 aromatic rings. The van der Waals surface area contributed by atoms with Gasteiger partial charge in [0.2, 0.25) is 0 Å². The number of halogens is 6. The van der Waals surface area contributed by atoms with Gasteiger partial charge in [-0.05, 0) is 61.0 Å². The standard InChI is InChI=1S/C30H26F6N2O7/c1-3-43-26(39)11-17-4-6-24(42-2)25(10-17)45-23-7-5-22(14-19(23)16-38-8-9-44-28(38)41)37-27(40)18-12-20(29(31,32)33)15-21(13-18)30(34,35)36/h4-7,10,12-15H,3,8-9,11,16H2,1-2H3,(H,37,40). The van der Waals surface area contributed by atoms with Crippen molar-refractivity contribution >= 4 is 23.7 Å². The zero-order valence-corrected chi connectivity index (χ0v) is 23.8. The minimum Gasteiger partial charge on any atom is -0.493 e. The Kier molecular flexibility index (Phi) is 9.78. The summed E-state index contributed by atoms with van der Waals surface area (Å²) < 4.78 is 101. The molecule has 9 nitrogen and oxygen atoms in total. The number of benzene rings is 3. The maximum Gasteiger partial charge on any atom is 0.416 e. The summed E-state index contributed by atoms with van der Waals surface area (Å²) in [6, 6.07) is 9.37. The van der Waals surface area contributed by atoms with Crippen molar-refractivity contribution in [3.05, 3.63) is 82.4 Å². The highest BCUT2D eigenvalue weighted by molar-refractivity contribution is 6.04. The van der Waals surface area contributed by atoms with Gasteiger partial charge in [-0.25, -0.2) is 4.79 Å². The number of esters is 1. The average Bonchev–Trinajstić information content (AvgIpc) is 3.37. The Bertz CT molecular complexity index is 1560. The molecule has 1 heterocycles. The maximum absolute atomic E-state index is 13.3. The van der Waals surface area contributed by atoms with Crippen LogP contribution in [0.25, 0.3) is 0 Å². The van der Waals surface area contributed by atoms with Crippen molar-refractivity contribution in [1.29, 1.82) is 0 Å². The van der Waals surface area contributed by atoms with Crippen molar-refractivity contribution in [2.45, 2.75) is 32.2 Å². The van der Waals surface area contributed by atoms with E-state index in [4.69, 9.17) is 18.9 Å². The summed E-state index contributed by atoms with van der Waals surface area (Å²) in [5, 5.41) is 2.31. The second-order valence-corrected chi connectivity index (χ2v) is 9.68. The largest absolute Gasteiger partial charge is 0.493 e. The fourth-order valence-corrected chi connectivity index (χ4v) is 4.35. The van der Waals surface area contributed by atoms with E-state index in [2.05, 4.69) is 5.32 Å². The zero-order valence-electron chi connectivity index (χ0n) is 23.8.